The predicted octanol–water partition coefficient (Wildman–Crippen LogP) is 2.36. The molecule has 1 fully saturated rings. The van der Waals surface area contributed by atoms with Crippen molar-refractivity contribution in [3.63, 3.8) is 0 Å². The van der Waals surface area contributed by atoms with Gasteiger partial charge in [0.25, 0.3) is 0 Å². The molecule has 1 unspecified atom stereocenters. The number of anilines is 1. The molecule has 116 valence electrons. The summed E-state index contributed by atoms with van der Waals surface area (Å²) in [7, 11) is 2.16. The highest BCUT2D eigenvalue weighted by Gasteiger charge is 2.20. The summed E-state index contributed by atoms with van der Waals surface area (Å²) in [5.41, 5.74) is 7.44. The molecule has 1 aliphatic rings. The van der Waals surface area contributed by atoms with E-state index in [4.69, 9.17) is 5.73 Å². The third-order valence-corrected chi connectivity index (χ3v) is 4.52. The van der Waals surface area contributed by atoms with E-state index in [1.54, 1.807) is 0 Å². The van der Waals surface area contributed by atoms with Gasteiger partial charge in [-0.3, -0.25) is 4.79 Å². The van der Waals surface area contributed by atoms with Gasteiger partial charge in [0.15, 0.2) is 0 Å². The number of hydrogen-bond donors (Lipinski definition) is 2. The molecule has 1 saturated carbocycles. The van der Waals surface area contributed by atoms with Crippen molar-refractivity contribution in [1.82, 2.24) is 10.2 Å². The number of nitrogen functional groups attached to an aromatic ring is 1. The van der Waals surface area contributed by atoms with E-state index in [-0.39, 0.29) is 11.8 Å². The Hall–Kier alpha value is -1.55. The maximum absolute atomic E-state index is 12.2. The average molecular weight is 289 g/mol. The number of rotatable bonds is 6. The lowest BCUT2D eigenvalue weighted by atomic mass is 10.00. The monoisotopic (exact) mass is 289 g/mol. The second-order valence-corrected chi connectivity index (χ2v) is 6.10. The smallest absolute Gasteiger partial charge is 0.227 e. The zero-order chi connectivity index (χ0) is 15.2. The van der Waals surface area contributed by atoms with Crippen molar-refractivity contribution in [2.45, 2.75) is 44.6 Å². The standard InChI is InChI=1S/C17H27N3O/c1-13(14-6-5-7-15(18)12-14)17(21)19-10-11-20(2)16-8-3-4-9-16/h5-7,12-13,16H,3-4,8-11,18H2,1-2H3,(H,19,21). The molecular weight excluding hydrogens is 262 g/mol. The number of amides is 1. The van der Waals surface area contributed by atoms with Gasteiger partial charge in [-0.25, -0.2) is 0 Å². The van der Waals surface area contributed by atoms with Crippen molar-refractivity contribution < 1.29 is 4.79 Å². The van der Waals surface area contributed by atoms with Crippen LogP contribution in [0.5, 0.6) is 0 Å². The second kappa shape index (κ2) is 7.46. The van der Waals surface area contributed by atoms with E-state index >= 15 is 0 Å². The molecule has 1 amide bonds. The Kier molecular flexibility index (Phi) is 5.62. The molecule has 1 aromatic rings. The molecule has 3 N–H and O–H groups in total. The molecule has 1 atom stereocenters. The largest absolute Gasteiger partial charge is 0.399 e. The van der Waals surface area contributed by atoms with E-state index in [0.29, 0.717) is 18.3 Å². The van der Waals surface area contributed by atoms with Crippen LogP contribution in [0.2, 0.25) is 0 Å². The number of nitrogens with two attached hydrogens (primary N) is 1. The molecule has 0 bridgehead atoms. The molecule has 0 aromatic heterocycles. The molecular formula is C17H27N3O. The first kappa shape index (κ1) is 15.8. The molecule has 0 heterocycles. The molecule has 0 saturated heterocycles. The third-order valence-electron chi connectivity index (χ3n) is 4.52. The number of nitrogens with zero attached hydrogens (tertiary/aromatic N) is 1. The van der Waals surface area contributed by atoms with Gasteiger partial charge in [0.05, 0.1) is 5.92 Å². The Balaban J connectivity index is 1.76. The maximum Gasteiger partial charge on any atom is 0.227 e. The van der Waals surface area contributed by atoms with Crippen molar-refractivity contribution in [2.75, 3.05) is 25.9 Å². The topological polar surface area (TPSA) is 58.4 Å². The normalized spacial score (nSPS) is 17.1. The van der Waals surface area contributed by atoms with Crippen LogP contribution in [0.15, 0.2) is 24.3 Å². The van der Waals surface area contributed by atoms with E-state index in [2.05, 4.69) is 17.3 Å². The van der Waals surface area contributed by atoms with Gasteiger partial charge in [-0.1, -0.05) is 25.0 Å². The summed E-state index contributed by atoms with van der Waals surface area (Å²) in [6.45, 7) is 3.54. The lowest BCUT2D eigenvalue weighted by Crippen LogP contribution is -2.38. The van der Waals surface area contributed by atoms with E-state index < -0.39 is 0 Å². The Labute approximate surface area is 127 Å². The van der Waals surface area contributed by atoms with Crippen molar-refractivity contribution in [1.29, 1.82) is 0 Å². The van der Waals surface area contributed by atoms with Crippen molar-refractivity contribution >= 4 is 11.6 Å². The van der Waals surface area contributed by atoms with Crippen LogP contribution in [-0.2, 0) is 4.79 Å². The number of hydrogen-bond acceptors (Lipinski definition) is 3. The number of carbonyl (C=O) groups excluding carboxylic acids is 1. The summed E-state index contributed by atoms with van der Waals surface area (Å²) in [6.07, 6.45) is 5.27. The average Bonchev–Trinajstić information content (AvgIpc) is 3.00. The van der Waals surface area contributed by atoms with Crippen LogP contribution in [0.3, 0.4) is 0 Å². The fourth-order valence-electron chi connectivity index (χ4n) is 3.02. The van der Waals surface area contributed by atoms with Crippen LogP contribution in [0.1, 0.15) is 44.1 Å². The number of benzene rings is 1. The first-order chi connectivity index (χ1) is 10.1. The highest BCUT2D eigenvalue weighted by Crippen LogP contribution is 2.22. The SMILES string of the molecule is CC(C(=O)NCCN(C)C1CCCC1)c1cccc(N)c1. The van der Waals surface area contributed by atoms with Crippen LogP contribution in [-0.4, -0.2) is 37.0 Å². The van der Waals surface area contributed by atoms with Crippen LogP contribution in [0, 0.1) is 0 Å². The van der Waals surface area contributed by atoms with E-state index in [1.165, 1.54) is 25.7 Å². The zero-order valence-corrected chi connectivity index (χ0v) is 13.1. The molecule has 4 nitrogen and oxygen atoms in total. The van der Waals surface area contributed by atoms with Crippen molar-refractivity contribution in [3.8, 4) is 0 Å². The summed E-state index contributed by atoms with van der Waals surface area (Å²) in [5.74, 6) is -0.0919. The summed E-state index contributed by atoms with van der Waals surface area (Å²) >= 11 is 0. The molecule has 0 spiro atoms. The second-order valence-electron chi connectivity index (χ2n) is 6.10. The number of nitrogens with one attached hydrogen (secondary N) is 1. The molecule has 2 rings (SSSR count). The Morgan fingerprint density at radius 2 is 2.14 bits per heavy atom. The van der Waals surface area contributed by atoms with Gasteiger partial charge in [-0.05, 0) is 44.5 Å². The van der Waals surface area contributed by atoms with Crippen LogP contribution in [0.4, 0.5) is 5.69 Å². The third kappa shape index (κ3) is 4.46. The highest BCUT2D eigenvalue weighted by atomic mass is 16.1. The van der Waals surface area contributed by atoms with Crippen LogP contribution >= 0.6 is 0 Å². The first-order valence-corrected chi connectivity index (χ1v) is 7.91. The van der Waals surface area contributed by atoms with E-state index in [1.807, 2.05) is 31.2 Å². The minimum atomic E-state index is -0.162. The summed E-state index contributed by atoms with van der Waals surface area (Å²) in [6, 6.07) is 8.25. The summed E-state index contributed by atoms with van der Waals surface area (Å²) in [4.78, 5) is 14.6. The number of likely N-dealkylation sites (N-methyl/N-ethyl adjacent to an activating group) is 1. The Bertz CT molecular complexity index is 469. The first-order valence-electron chi connectivity index (χ1n) is 7.91. The van der Waals surface area contributed by atoms with Gasteiger partial charge in [-0.2, -0.15) is 0 Å². The fourth-order valence-corrected chi connectivity index (χ4v) is 3.02. The predicted molar refractivity (Wildman–Crippen MR) is 87.2 cm³/mol. The van der Waals surface area contributed by atoms with Gasteiger partial charge in [0.2, 0.25) is 5.91 Å². The van der Waals surface area contributed by atoms with E-state index in [0.717, 1.165) is 12.1 Å². The molecule has 1 aromatic carbocycles. The number of carbonyl (C=O) groups is 1. The molecule has 4 heteroatoms. The van der Waals surface area contributed by atoms with Crippen LogP contribution in [0.25, 0.3) is 0 Å². The minimum Gasteiger partial charge on any atom is -0.399 e. The van der Waals surface area contributed by atoms with Crippen molar-refractivity contribution in [2.24, 2.45) is 0 Å². The highest BCUT2D eigenvalue weighted by molar-refractivity contribution is 5.83. The van der Waals surface area contributed by atoms with Crippen LogP contribution < -0.4 is 11.1 Å². The van der Waals surface area contributed by atoms with Gasteiger partial charge in [0.1, 0.15) is 0 Å². The van der Waals surface area contributed by atoms with Gasteiger partial charge in [0, 0.05) is 24.8 Å². The Morgan fingerprint density at radius 1 is 1.43 bits per heavy atom. The van der Waals surface area contributed by atoms with Gasteiger partial charge < -0.3 is 16.0 Å². The summed E-state index contributed by atoms with van der Waals surface area (Å²) < 4.78 is 0. The lowest BCUT2D eigenvalue weighted by molar-refractivity contribution is -0.122. The molecule has 0 radical (unpaired) electrons. The van der Waals surface area contributed by atoms with Gasteiger partial charge in [-0.15, -0.1) is 0 Å². The minimum absolute atomic E-state index is 0.0698. The lowest BCUT2D eigenvalue weighted by Gasteiger charge is -2.24. The Morgan fingerprint density at radius 3 is 2.81 bits per heavy atom. The van der Waals surface area contributed by atoms with E-state index in [9.17, 15) is 4.79 Å². The molecule has 1 aliphatic carbocycles. The quantitative estimate of drug-likeness (QED) is 0.790. The molecule has 0 aliphatic heterocycles. The fraction of sp³-hybridized carbons (Fsp3) is 0.588. The summed E-state index contributed by atoms with van der Waals surface area (Å²) in [5, 5.41) is 3.03. The zero-order valence-electron chi connectivity index (χ0n) is 13.1. The van der Waals surface area contributed by atoms with Gasteiger partial charge >= 0.3 is 0 Å². The van der Waals surface area contributed by atoms with Crippen molar-refractivity contribution in [3.05, 3.63) is 29.8 Å². The molecule has 21 heavy (non-hydrogen) atoms. The maximum atomic E-state index is 12.2.